The highest BCUT2D eigenvalue weighted by Crippen LogP contribution is 2.32. The number of nitrogens with one attached hydrogen (secondary N) is 2. The Bertz CT molecular complexity index is 892. The van der Waals surface area contributed by atoms with Crippen LogP contribution in [0, 0.1) is 0 Å². The standard InChI is InChI=1S/C25H35N3O4/c1-16-8-11-21(23(29)27-16)28-15-17-14-18(9-10-19(17)24(28)30)32-22-7-5-4-6-20(22)26-13-12-25(2,3)31/h9-10,14,20-22,26,31H,1,4-8,11-13,15H2,2-3H3,(H,27,29)/t20-,21?,22-/m0/s1. The summed E-state index contributed by atoms with van der Waals surface area (Å²) in [5.41, 5.74) is 1.59. The molecule has 1 saturated heterocycles. The van der Waals surface area contributed by atoms with Crippen molar-refractivity contribution in [1.29, 1.82) is 0 Å². The van der Waals surface area contributed by atoms with Crippen LogP contribution in [0.15, 0.2) is 30.5 Å². The topological polar surface area (TPSA) is 90.9 Å². The lowest BCUT2D eigenvalue weighted by molar-refractivity contribution is -0.126. The first kappa shape index (κ1) is 22.8. The van der Waals surface area contributed by atoms with Crippen molar-refractivity contribution in [1.82, 2.24) is 15.5 Å². The first-order valence-corrected chi connectivity index (χ1v) is 11.8. The molecule has 1 aromatic carbocycles. The molecule has 1 saturated carbocycles. The van der Waals surface area contributed by atoms with Crippen molar-refractivity contribution in [3.05, 3.63) is 41.6 Å². The highest BCUT2D eigenvalue weighted by molar-refractivity contribution is 6.01. The van der Waals surface area contributed by atoms with E-state index < -0.39 is 11.6 Å². The summed E-state index contributed by atoms with van der Waals surface area (Å²) in [4.78, 5) is 27.0. The summed E-state index contributed by atoms with van der Waals surface area (Å²) in [6.45, 7) is 8.64. The number of carbonyl (C=O) groups excluding carboxylic acids is 2. The second-order valence-electron chi connectivity index (χ2n) is 9.96. The molecule has 3 aliphatic rings. The SMILES string of the molecule is C=C1CCC(N2Cc3cc(O[C@H]4CCCC[C@@H]4NCCC(C)(C)O)ccc3C2=O)C(=O)N1. The number of hydrogen-bond donors (Lipinski definition) is 3. The van der Waals surface area contributed by atoms with Crippen molar-refractivity contribution in [2.75, 3.05) is 6.54 Å². The van der Waals surface area contributed by atoms with Gasteiger partial charge in [0.2, 0.25) is 5.91 Å². The second-order valence-corrected chi connectivity index (χ2v) is 9.96. The molecule has 2 heterocycles. The monoisotopic (exact) mass is 441 g/mol. The van der Waals surface area contributed by atoms with Crippen LogP contribution >= 0.6 is 0 Å². The lowest BCUT2D eigenvalue weighted by atomic mass is 9.92. The van der Waals surface area contributed by atoms with Gasteiger partial charge in [0.1, 0.15) is 17.9 Å². The van der Waals surface area contributed by atoms with Crippen molar-refractivity contribution < 1.29 is 19.4 Å². The van der Waals surface area contributed by atoms with Crippen LogP contribution in [-0.2, 0) is 11.3 Å². The van der Waals surface area contributed by atoms with Crippen LogP contribution in [-0.4, -0.2) is 52.2 Å². The molecule has 2 fully saturated rings. The number of allylic oxidation sites excluding steroid dienone is 1. The van der Waals surface area contributed by atoms with E-state index in [0.717, 1.165) is 37.1 Å². The normalized spacial score (nSPS) is 26.2. The number of aliphatic hydroxyl groups is 1. The molecular weight excluding hydrogens is 406 g/mol. The zero-order valence-electron chi connectivity index (χ0n) is 19.2. The molecule has 32 heavy (non-hydrogen) atoms. The molecule has 0 bridgehead atoms. The van der Waals surface area contributed by atoms with Gasteiger partial charge in [0.25, 0.3) is 5.91 Å². The van der Waals surface area contributed by atoms with Crippen molar-refractivity contribution in [3.8, 4) is 5.75 Å². The Morgan fingerprint density at radius 3 is 2.78 bits per heavy atom. The first-order valence-electron chi connectivity index (χ1n) is 11.8. The summed E-state index contributed by atoms with van der Waals surface area (Å²) in [5.74, 6) is 0.519. The van der Waals surface area contributed by atoms with Crippen LogP contribution in [0.3, 0.4) is 0 Å². The fraction of sp³-hybridized carbons (Fsp3) is 0.600. The molecule has 7 nitrogen and oxygen atoms in total. The number of benzene rings is 1. The molecule has 2 amide bonds. The van der Waals surface area contributed by atoms with Crippen LogP contribution < -0.4 is 15.4 Å². The zero-order chi connectivity index (χ0) is 22.9. The zero-order valence-corrected chi connectivity index (χ0v) is 19.2. The van der Waals surface area contributed by atoms with Gasteiger partial charge in [-0.2, -0.15) is 0 Å². The average molecular weight is 442 g/mol. The van der Waals surface area contributed by atoms with Crippen molar-refractivity contribution >= 4 is 11.8 Å². The van der Waals surface area contributed by atoms with E-state index in [9.17, 15) is 14.7 Å². The van der Waals surface area contributed by atoms with Crippen LogP contribution in [0.5, 0.6) is 5.75 Å². The van der Waals surface area contributed by atoms with E-state index in [-0.39, 0.29) is 24.0 Å². The lowest BCUT2D eigenvalue weighted by Crippen LogP contribution is -2.49. The van der Waals surface area contributed by atoms with Crippen molar-refractivity contribution in [2.45, 2.75) is 89.1 Å². The van der Waals surface area contributed by atoms with E-state index in [0.29, 0.717) is 37.1 Å². The Balaban J connectivity index is 1.41. The largest absolute Gasteiger partial charge is 0.489 e. The summed E-state index contributed by atoms with van der Waals surface area (Å²) in [5, 5.41) is 16.3. The second kappa shape index (κ2) is 9.24. The molecule has 4 rings (SSSR count). The van der Waals surface area contributed by atoms with Gasteiger partial charge in [-0.15, -0.1) is 0 Å². The third-order valence-electron chi connectivity index (χ3n) is 6.74. The maximum Gasteiger partial charge on any atom is 0.255 e. The first-order chi connectivity index (χ1) is 15.2. The highest BCUT2D eigenvalue weighted by Gasteiger charge is 2.38. The fourth-order valence-corrected chi connectivity index (χ4v) is 4.91. The van der Waals surface area contributed by atoms with Gasteiger partial charge in [0.15, 0.2) is 0 Å². The van der Waals surface area contributed by atoms with Gasteiger partial charge in [-0.3, -0.25) is 9.59 Å². The summed E-state index contributed by atoms with van der Waals surface area (Å²) < 4.78 is 6.38. The van der Waals surface area contributed by atoms with E-state index in [4.69, 9.17) is 4.74 Å². The molecule has 1 unspecified atom stereocenters. The number of fused-ring (bicyclic) bond motifs is 1. The quantitative estimate of drug-likeness (QED) is 0.605. The lowest BCUT2D eigenvalue weighted by Gasteiger charge is -2.33. The fourth-order valence-electron chi connectivity index (χ4n) is 4.91. The number of piperidine rings is 1. The minimum atomic E-state index is -0.682. The van der Waals surface area contributed by atoms with E-state index in [1.807, 2.05) is 32.0 Å². The average Bonchev–Trinajstić information content (AvgIpc) is 3.04. The van der Waals surface area contributed by atoms with Gasteiger partial charge in [-0.25, -0.2) is 0 Å². The van der Waals surface area contributed by atoms with Gasteiger partial charge in [0.05, 0.1) is 5.60 Å². The van der Waals surface area contributed by atoms with E-state index >= 15 is 0 Å². The minimum absolute atomic E-state index is 0.0620. The smallest absolute Gasteiger partial charge is 0.255 e. The Hall–Kier alpha value is -2.38. The van der Waals surface area contributed by atoms with Gasteiger partial charge >= 0.3 is 0 Å². The van der Waals surface area contributed by atoms with Crippen LogP contribution in [0.1, 0.15) is 74.7 Å². The Morgan fingerprint density at radius 2 is 2.03 bits per heavy atom. The predicted molar refractivity (Wildman–Crippen MR) is 122 cm³/mol. The minimum Gasteiger partial charge on any atom is -0.489 e. The molecule has 174 valence electrons. The molecular formula is C25H35N3O4. The molecule has 0 radical (unpaired) electrons. The van der Waals surface area contributed by atoms with Crippen molar-refractivity contribution in [3.63, 3.8) is 0 Å². The maximum absolute atomic E-state index is 12.9. The molecule has 7 heteroatoms. The Morgan fingerprint density at radius 1 is 1.25 bits per heavy atom. The highest BCUT2D eigenvalue weighted by atomic mass is 16.5. The summed E-state index contributed by atoms with van der Waals surface area (Å²) >= 11 is 0. The number of rotatable bonds is 7. The van der Waals surface area contributed by atoms with Gasteiger partial charge in [0, 0.05) is 23.8 Å². The summed E-state index contributed by atoms with van der Waals surface area (Å²) in [6, 6.07) is 5.44. The number of nitrogens with zero attached hydrogens (tertiary/aromatic N) is 1. The van der Waals surface area contributed by atoms with Gasteiger partial charge in [-0.05, 0) is 82.7 Å². The van der Waals surface area contributed by atoms with Crippen LogP contribution in [0.25, 0.3) is 0 Å². The van der Waals surface area contributed by atoms with Crippen molar-refractivity contribution in [2.24, 2.45) is 0 Å². The van der Waals surface area contributed by atoms with E-state index in [1.165, 1.54) is 6.42 Å². The molecule has 3 N–H and O–H groups in total. The summed E-state index contributed by atoms with van der Waals surface area (Å²) in [6.07, 6.45) is 6.38. The van der Waals surface area contributed by atoms with Crippen LogP contribution in [0.4, 0.5) is 0 Å². The molecule has 3 atom stereocenters. The number of amides is 2. The summed E-state index contributed by atoms with van der Waals surface area (Å²) in [7, 11) is 0. The van der Waals surface area contributed by atoms with Gasteiger partial charge in [-0.1, -0.05) is 13.0 Å². The third-order valence-corrected chi connectivity index (χ3v) is 6.74. The number of carbonyl (C=O) groups is 2. The van der Waals surface area contributed by atoms with E-state index in [1.54, 1.807) is 4.90 Å². The third kappa shape index (κ3) is 5.15. The van der Waals surface area contributed by atoms with Gasteiger partial charge < -0.3 is 25.4 Å². The molecule has 0 spiro atoms. The molecule has 1 aromatic rings. The number of ether oxygens (including phenoxy) is 1. The predicted octanol–water partition coefficient (Wildman–Crippen LogP) is 2.88. The number of hydrogen-bond acceptors (Lipinski definition) is 5. The maximum atomic E-state index is 12.9. The van der Waals surface area contributed by atoms with Crippen LogP contribution in [0.2, 0.25) is 0 Å². The molecule has 1 aliphatic carbocycles. The Labute approximate surface area is 190 Å². The molecule has 0 aromatic heterocycles. The Kier molecular flexibility index (Phi) is 6.58. The molecule has 2 aliphatic heterocycles. The van der Waals surface area contributed by atoms with E-state index in [2.05, 4.69) is 17.2 Å².